The molecule has 2 heteroatoms. The number of carbonyl (C=O) groups is 1. The molecule has 0 heterocycles. The molecule has 0 fully saturated rings. The van der Waals surface area contributed by atoms with Crippen LogP contribution in [0.1, 0.15) is 48.0 Å². The zero-order valence-electron chi connectivity index (χ0n) is 10.4. The zero-order valence-corrected chi connectivity index (χ0v) is 10.4. The third-order valence-corrected chi connectivity index (χ3v) is 2.02. The minimum atomic E-state index is -0.255. The molecular formula is C12H24O2. The molecule has 2 nitrogen and oxygen atoms in total. The smallest absolute Gasteiger partial charge is 0.162 e. The van der Waals surface area contributed by atoms with E-state index < -0.39 is 0 Å². The molecule has 0 aliphatic rings. The van der Waals surface area contributed by atoms with Crippen LogP contribution in [0.15, 0.2) is 0 Å². The van der Waals surface area contributed by atoms with E-state index in [1.807, 2.05) is 27.7 Å². The molecule has 0 bridgehead atoms. The normalized spacial score (nSPS) is 14.5. The van der Waals surface area contributed by atoms with E-state index in [9.17, 15) is 4.79 Å². The molecule has 0 rings (SSSR count). The Hall–Kier alpha value is -0.370. The van der Waals surface area contributed by atoms with Crippen LogP contribution < -0.4 is 0 Å². The summed E-state index contributed by atoms with van der Waals surface area (Å²) in [5, 5.41) is 0. The van der Waals surface area contributed by atoms with Gasteiger partial charge in [-0.05, 0) is 18.3 Å². The quantitative estimate of drug-likeness (QED) is 0.682. The second-order valence-electron chi connectivity index (χ2n) is 5.27. The van der Waals surface area contributed by atoms with Gasteiger partial charge >= 0.3 is 0 Å². The Morgan fingerprint density at radius 2 is 1.79 bits per heavy atom. The van der Waals surface area contributed by atoms with Crippen LogP contribution >= 0.6 is 0 Å². The van der Waals surface area contributed by atoms with Crippen molar-refractivity contribution in [1.82, 2.24) is 0 Å². The van der Waals surface area contributed by atoms with E-state index in [1.54, 1.807) is 0 Å². The Bertz CT molecular complexity index is 177. The van der Waals surface area contributed by atoms with Gasteiger partial charge in [0.05, 0.1) is 0 Å². The lowest BCUT2D eigenvalue weighted by Crippen LogP contribution is -2.37. The summed E-state index contributed by atoms with van der Waals surface area (Å²) in [6.45, 7) is 12.8. The lowest BCUT2D eigenvalue weighted by molar-refractivity contribution is -0.138. The first-order chi connectivity index (χ1) is 6.29. The molecule has 0 N–H and O–H groups in total. The van der Waals surface area contributed by atoms with Crippen LogP contribution in [-0.4, -0.2) is 18.5 Å². The minimum Gasteiger partial charge on any atom is -0.370 e. The summed E-state index contributed by atoms with van der Waals surface area (Å²) in [6.07, 6.45) is 0.358. The standard InChI is InChI=1S/C12H24O2/c1-7-14-11(12(4,5)6)10(13)8-9(2)3/h9,11H,7-8H2,1-6H3. The minimum absolute atomic E-state index is 0.0953. The first-order valence-electron chi connectivity index (χ1n) is 5.43. The monoisotopic (exact) mass is 200 g/mol. The molecule has 0 aromatic heterocycles. The summed E-state index contributed by atoms with van der Waals surface area (Å²) < 4.78 is 5.52. The van der Waals surface area contributed by atoms with Gasteiger partial charge in [0.2, 0.25) is 0 Å². The van der Waals surface area contributed by atoms with E-state index in [1.165, 1.54) is 0 Å². The maximum atomic E-state index is 11.9. The molecule has 0 aliphatic carbocycles. The Morgan fingerprint density at radius 1 is 1.29 bits per heavy atom. The third kappa shape index (κ3) is 4.75. The van der Waals surface area contributed by atoms with Crippen LogP contribution in [0.5, 0.6) is 0 Å². The fraction of sp³-hybridized carbons (Fsp3) is 0.917. The van der Waals surface area contributed by atoms with Crippen molar-refractivity contribution in [3.05, 3.63) is 0 Å². The average Bonchev–Trinajstić information content (AvgIpc) is 1.96. The van der Waals surface area contributed by atoms with Crippen molar-refractivity contribution < 1.29 is 9.53 Å². The predicted molar refractivity (Wildman–Crippen MR) is 59.3 cm³/mol. The van der Waals surface area contributed by atoms with Gasteiger partial charge in [0.15, 0.2) is 5.78 Å². The highest BCUT2D eigenvalue weighted by molar-refractivity contribution is 5.84. The molecule has 0 saturated heterocycles. The first-order valence-corrected chi connectivity index (χ1v) is 5.43. The maximum absolute atomic E-state index is 11.9. The number of hydrogen-bond acceptors (Lipinski definition) is 2. The number of ether oxygens (including phenoxy) is 1. The van der Waals surface area contributed by atoms with Gasteiger partial charge in [0.1, 0.15) is 6.10 Å². The van der Waals surface area contributed by atoms with Gasteiger partial charge in [-0.25, -0.2) is 0 Å². The van der Waals surface area contributed by atoms with Gasteiger partial charge in [-0.2, -0.15) is 0 Å². The summed E-state index contributed by atoms with van der Waals surface area (Å²) in [7, 11) is 0. The fourth-order valence-electron chi connectivity index (χ4n) is 1.50. The molecule has 1 atom stereocenters. The van der Waals surface area contributed by atoms with E-state index in [0.29, 0.717) is 18.9 Å². The van der Waals surface area contributed by atoms with Gasteiger partial charge in [-0.1, -0.05) is 34.6 Å². The van der Waals surface area contributed by atoms with Crippen molar-refractivity contribution in [3.63, 3.8) is 0 Å². The number of Topliss-reactive ketones (excluding diaryl/α,β-unsaturated/α-hetero) is 1. The summed E-state index contributed by atoms with van der Waals surface area (Å²) in [5.41, 5.74) is -0.0953. The Balaban J connectivity index is 4.42. The molecule has 1 unspecified atom stereocenters. The van der Waals surface area contributed by atoms with Crippen LogP contribution in [0, 0.1) is 11.3 Å². The average molecular weight is 200 g/mol. The van der Waals surface area contributed by atoms with Gasteiger partial charge in [-0.3, -0.25) is 4.79 Å². The fourth-order valence-corrected chi connectivity index (χ4v) is 1.50. The highest BCUT2D eigenvalue weighted by Gasteiger charge is 2.31. The number of hydrogen-bond donors (Lipinski definition) is 0. The van der Waals surface area contributed by atoms with E-state index in [4.69, 9.17) is 4.74 Å². The molecular weight excluding hydrogens is 176 g/mol. The highest BCUT2D eigenvalue weighted by atomic mass is 16.5. The zero-order chi connectivity index (χ0) is 11.4. The van der Waals surface area contributed by atoms with E-state index in [0.717, 1.165) is 0 Å². The van der Waals surface area contributed by atoms with Gasteiger partial charge in [-0.15, -0.1) is 0 Å². The van der Waals surface area contributed by atoms with Crippen LogP contribution in [-0.2, 0) is 9.53 Å². The highest BCUT2D eigenvalue weighted by Crippen LogP contribution is 2.25. The van der Waals surface area contributed by atoms with Crippen molar-refractivity contribution in [2.24, 2.45) is 11.3 Å². The summed E-state index contributed by atoms with van der Waals surface area (Å²) >= 11 is 0. The van der Waals surface area contributed by atoms with Crippen molar-refractivity contribution in [2.75, 3.05) is 6.61 Å². The predicted octanol–water partition coefficient (Wildman–Crippen LogP) is 3.05. The Labute approximate surface area is 88.0 Å². The van der Waals surface area contributed by atoms with E-state index in [2.05, 4.69) is 13.8 Å². The second kappa shape index (κ2) is 5.50. The summed E-state index contributed by atoms with van der Waals surface area (Å²) in [4.78, 5) is 11.9. The molecule has 84 valence electrons. The molecule has 0 aromatic rings. The molecule has 0 aromatic carbocycles. The second-order valence-corrected chi connectivity index (χ2v) is 5.27. The van der Waals surface area contributed by atoms with Gasteiger partial charge in [0.25, 0.3) is 0 Å². The van der Waals surface area contributed by atoms with E-state index in [-0.39, 0.29) is 17.3 Å². The molecule has 0 saturated carbocycles. The third-order valence-electron chi connectivity index (χ3n) is 2.02. The lowest BCUT2D eigenvalue weighted by atomic mass is 9.84. The number of ketones is 1. The number of rotatable bonds is 5. The molecule has 0 spiro atoms. The van der Waals surface area contributed by atoms with Gasteiger partial charge < -0.3 is 4.74 Å². The van der Waals surface area contributed by atoms with Crippen LogP contribution in [0.3, 0.4) is 0 Å². The first kappa shape index (κ1) is 13.6. The molecule has 0 amide bonds. The Morgan fingerprint density at radius 3 is 2.07 bits per heavy atom. The van der Waals surface area contributed by atoms with Crippen LogP contribution in [0.25, 0.3) is 0 Å². The van der Waals surface area contributed by atoms with Crippen molar-refractivity contribution in [1.29, 1.82) is 0 Å². The van der Waals surface area contributed by atoms with Crippen molar-refractivity contribution in [3.8, 4) is 0 Å². The molecule has 0 radical (unpaired) electrons. The van der Waals surface area contributed by atoms with Gasteiger partial charge in [0, 0.05) is 13.0 Å². The molecule has 0 aliphatic heterocycles. The lowest BCUT2D eigenvalue weighted by Gasteiger charge is -2.29. The maximum Gasteiger partial charge on any atom is 0.162 e. The van der Waals surface area contributed by atoms with E-state index >= 15 is 0 Å². The summed E-state index contributed by atoms with van der Waals surface area (Å²) in [6, 6.07) is 0. The SMILES string of the molecule is CCOC(C(=O)CC(C)C)C(C)(C)C. The largest absolute Gasteiger partial charge is 0.370 e. The topological polar surface area (TPSA) is 26.3 Å². The summed E-state index contributed by atoms with van der Waals surface area (Å²) in [5.74, 6) is 0.641. The van der Waals surface area contributed by atoms with Crippen molar-refractivity contribution >= 4 is 5.78 Å². The molecule has 14 heavy (non-hydrogen) atoms. The van der Waals surface area contributed by atoms with Crippen LogP contribution in [0.2, 0.25) is 0 Å². The Kier molecular flexibility index (Phi) is 5.35. The van der Waals surface area contributed by atoms with Crippen LogP contribution in [0.4, 0.5) is 0 Å². The number of carbonyl (C=O) groups excluding carboxylic acids is 1. The van der Waals surface area contributed by atoms with Crippen molar-refractivity contribution in [2.45, 2.75) is 54.1 Å².